The Morgan fingerprint density at radius 2 is 1.88 bits per heavy atom. The molecule has 2 fully saturated rings. The summed E-state index contributed by atoms with van der Waals surface area (Å²) < 4.78 is 19.0. The average Bonchev–Trinajstić information content (AvgIpc) is 3.70. The number of benzene rings is 2. The number of likely N-dealkylation sites (N-methyl/N-ethyl adjacent to an activating group) is 1. The van der Waals surface area contributed by atoms with Gasteiger partial charge in [-0.25, -0.2) is 0 Å². The molecule has 1 heterocycles. The van der Waals surface area contributed by atoms with Gasteiger partial charge in [-0.3, -0.25) is 4.48 Å². The Labute approximate surface area is 195 Å². The van der Waals surface area contributed by atoms with Crippen LogP contribution in [0.25, 0.3) is 5.57 Å². The number of rotatable bonds is 8. The van der Waals surface area contributed by atoms with E-state index < -0.39 is 0 Å². The van der Waals surface area contributed by atoms with Crippen molar-refractivity contribution >= 4 is 17.2 Å². The highest BCUT2D eigenvalue weighted by Crippen LogP contribution is 2.53. The van der Waals surface area contributed by atoms with E-state index in [4.69, 9.17) is 25.8 Å². The van der Waals surface area contributed by atoms with Gasteiger partial charge in [0.2, 0.25) is 0 Å². The van der Waals surface area contributed by atoms with E-state index in [1.807, 2.05) is 18.2 Å². The lowest BCUT2D eigenvalue weighted by molar-refractivity contribution is -0.833. The van der Waals surface area contributed by atoms with E-state index in [1.54, 1.807) is 7.11 Å². The Bertz CT molecular complexity index is 1080. The summed E-state index contributed by atoms with van der Waals surface area (Å²) in [6.45, 7) is 1.41. The van der Waals surface area contributed by atoms with Crippen LogP contribution in [0.2, 0.25) is 5.02 Å². The maximum absolute atomic E-state index is 6.61. The second kappa shape index (κ2) is 8.26. The van der Waals surface area contributed by atoms with Crippen LogP contribution in [0.3, 0.4) is 0 Å². The van der Waals surface area contributed by atoms with Crippen LogP contribution in [0.5, 0.6) is 11.5 Å². The van der Waals surface area contributed by atoms with Gasteiger partial charge in [0, 0.05) is 16.2 Å². The molecule has 3 aliphatic rings. The molecule has 0 aromatic heterocycles. The third-order valence-corrected chi connectivity index (χ3v) is 6.84. The molecule has 2 aliphatic carbocycles. The molecule has 0 unspecified atom stereocenters. The zero-order chi connectivity index (χ0) is 22.3. The molecule has 5 rings (SSSR count). The molecule has 32 heavy (non-hydrogen) atoms. The summed E-state index contributed by atoms with van der Waals surface area (Å²) in [5.74, 6) is 1.74. The van der Waals surface area contributed by atoms with Crippen molar-refractivity contribution in [2.45, 2.75) is 44.0 Å². The van der Waals surface area contributed by atoms with Crippen molar-refractivity contribution < 1.29 is 18.7 Å². The number of hydrogen-bond acceptors (Lipinski definition) is 3. The Hall–Kier alpha value is -2.27. The first-order valence-corrected chi connectivity index (χ1v) is 11.8. The molecule has 0 N–H and O–H groups in total. The standard InChI is InChI=1S/C27H31ClNO3/c1-29(2)15-12-22(23-6-4-5-7-26(23)32-20-10-11-20)24(17-29)27(13-14-27)31-18-19-8-9-21(30-3)16-25(19)28/h4-9,12,16-17,20H,10-11,13-15,18H2,1-3H3/q+1. The van der Waals surface area contributed by atoms with Gasteiger partial charge in [0.15, 0.2) is 0 Å². The molecule has 2 aromatic carbocycles. The first-order valence-electron chi connectivity index (χ1n) is 11.4. The second-order valence-electron chi connectivity index (χ2n) is 9.68. The smallest absolute Gasteiger partial charge is 0.127 e. The molecule has 1 aliphatic heterocycles. The van der Waals surface area contributed by atoms with Crippen molar-refractivity contribution in [1.82, 2.24) is 0 Å². The van der Waals surface area contributed by atoms with Crippen LogP contribution in [-0.4, -0.2) is 43.9 Å². The molecule has 2 aromatic rings. The van der Waals surface area contributed by atoms with E-state index in [0.717, 1.165) is 53.8 Å². The maximum Gasteiger partial charge on any atom is 0.127 e. The summed E-state index contributed by atoms with van der Waals surface area (Å²) in [6.07, 6.45) is 9.40. The minimum Gasteiger partial charge on any atom is -0.497 e. The molecule has 0 bridgehead atoms. The van der Waals surface area contributed by atoms with Crippen LogP contribution < -0.4 is 9.47 Å². The van der Waals surface area contributed by atoms with Crippen LogP contribution in [0.4, 0.5) is 0 Å². The number of methoxy groups -OCH3 is 1. The van der Waals surface area contributed by atoms with Crippen LogP contribution in [0, 0.1) is 0 Å². The molecule has 0 atom stereocenters. The van der Waals surface area contributed by atoms with E-state index in [0.29, 0.717) is 17.7 Å². The minimum atomic E-state index is -0.280. The minimum absolute atomic E-state index is 0.280. The van der Waals surface area contributed by atoms with Crippen molar-refractivity contribution in [3.8, 4) is 11.5 Å². The number of nitrogens with zero attached hydrogens (tertiary/aromatic N) is 1. The van der Waals surface area contributed by atoms with Crippen molar-refractivity contribution in [3.05, 3.63) is 76.5 Å². The SMILES string of the molecule is COc1ccc(COC2(C3=C[N+](C)(C)CC=C3c3ccccc3OC3CC3)CC2)c(Cl)c1. The van der Waals surface area contributed by atoms with Gasteiger partial charge in [0.25, 0.3) is 0 Å². The normalized spacial score (nSPS) is 20.9. The quantitative estimate of drug-likeness (QED) is 0.460. The van der Waals surface area contributed by atoms with Crippen molar-refractivity contribution in [3.63, 3.8) is 0 Å². The summed E-state index contributed by atoms with van der Waals surface area (Å²) in [5.41, 5.74) is 4.38. The number of halogens is 1. The Balaban J connectivity index is 1.43. The van der Waals surface area contributed by atoms with Gasteiger partial charge < -0.3 is 14.2 Å². The second-order valence-corrected chi connectivity index (χ2v) is 10.1. The molecule has 4 nitrogen and oxygen atoms in total. The van der Waals surface area contributed by atoms with E-state index in [9.17, 15) is 0 Å². The lowest BCUT2D eigenvalue weighted by Crippen LogP contribution is -2.38. The zero-order valence-corrected chi connectivity index (χ0v) is 19.8. The Morgan fingerprint density at radius 3 is 2.56 bits per heavy atom. The Morgan fingerprint density at radius 1 is 1.09 bits per heavy atom. The highest BCUT2D eigenvalue weighted by molar-refractivity contribution is 6.31. The fraction of sp³-hybridized carbons (Fsp3) is 0.407. The van der Waals surface area contributed by atoms with E-state index in [1.165, 1.54) is 16.7 Å². The highest BCUT2D eigenvalue weighted by atomic mass is 35.5. The van der Waals surface area contributed by atoms with Gasteiger partial charge in [-0.1, -0.05) is 35.9 Å². The number of ether oxygens (including phenoxy) is 3. The maximum atomic E-state index is 6.61. The number of quaternary nitrogens is 1. The molecule has 0 amide bonds. The largest absolute Gasteiger partial charge is 0.497 e. The summed E-state index contributed by atoms with van der Waals surface area (Å²) in [6, 6.07) is 14.2. The zero-order valence-electron chi connectivity index (χ0n) is 19.1. The fourth-order valence-corrected chi connectivity index (χ4v) is 4.50. The van der Waals surface area contributed by atoms with Crippen LogP contribution in [0.1, 0.15) is 36.8 Å². The number of hydrogen-bond donors (Lipinski definition) is 0. The van der Waals surface area contributed by atoms with Crippen molar-refractivity contribution in [1.29, 1.82) is 0 Å². The van der Waals surface area contributed by atoms with Gasteiger partial charge in [-0.15, -0.1) is 0 Å². The number of para-hydroxylation sites is 1. The molecule has 0 radical (unpaired) electrons. The van der Waals surface area contributed by atoms with Gasteiger partial charge >= 0.3 is 0 Å². The summed E-state index contributed by atoms with van der Waals surface area (Å²) in [5, 5.41) is 0.674. The van der Waals surface area contributed by atoms with E-state index >= 15 is 0 Å². The van der Waals surface area contributed by atoms with Gasteiger partial charge in [0.1, 0.15) is 24.2 Å². The molecule has 168 valence electrons. The first-order chi connectivity index (χ1) is 15.4. The topological polar surface area (TPSA) is 27.7 Å². The molecule has 0 saturated heterocycles. The average molecular weight is 453 g/mol. The van der Waals surface area contributed by atoms with Crippen molar-refractivity contribution in [2.24, 2.45) is 0 Å². The molecular weight excluding hydrogens is 422 g/mol. The Kier molecular flexibility index (Phi) is 5.56. The molecule has 5 heteroatoms. The molecular formula is C27H31ClNO3+. The van der Waals surface area contributed by atoms with Crippen LogP contribution in [0.15, 0.2) is 60.3 Å². The highest BCUT2D eigenvalue weighted by Gasteiger charge is 2.51. The van der Waals surface area contributed by atoms with Crippen molar-refractivity contribution in [2.75, 3.05) is 27.7 Å². The summed E-state index contributed by atoms with van der Waals surface area (Å²) in [4.78, 5) is 0. The predicted molar refractivity (Wildman–Crippen MR) is 128 cm³/mol. The lowest BCUT2D eigenvalue weighted by atomic mass is 9.89. The van der Waals surface area contributed by atoms with Gasteiger partial charge in [0.05, 0.1) is 39.5 Å². The van der Waals surface area contributed by atoms with Crippen LogP contribution >= 0.6 is 11.6 Å². The first kappa shape index (κ1) is 21.6. The molecule has 2 saturated carbocycles. The lowest BCUT2D eigenvalue weighted by Gasteiger charge is -2.33. The summed E-state index contributed by atoms with van der Waals surface area (Å²) >= 11 is 6.48. The van der Waals surface area contributed by atoms with E-state index in [2.05, 4.69) is 50.6 Å². The molecule has 0 spiro atoms. The third kappa shape index (κ3) is 4.45. The van der Waals surface area contributed by atoms with E-state index in [-0.39, 0.29) is 5.60 Å². The summed E-state index contributed by atoms with van der Waals surface area (Å²) in [7, 11) is 6.11. The van der Waals surface area contributed by atoms with Crippen LogP contribution in [-0.2, 0) is 11.3 Å². The fourth-order valence-electron chi connectivity index (χ4n) is 4.28. The van der Waals surface area contributed by atoms with Gasteiger partial charge in [-0.05, 0) is 61.1 Å². The predicted octanol–water partition coefficient (Wildman–Crippen LogP) is 6.00. The third-order valence-electron chi connectivity index (χ3n) is 6.49. The van der Waals surface area contributed by atoms with Gasteiger partial charge in [-0.2, -0.15) is 0 Å². The monoisotopic (exact) mass is 452 g/mol.